The van der Waals surface area contributed by atoms with Gasteiger partial charge in [0, 0.05) is 49.2 Å². The van der Waals surface area contributed by atoms with Gasteiger partial charge >= 0.3 is 0 Å². The molecule has 5 rings (SSSR count). The molecule has 0 amide bonds. The van der Waals surface area contributed by atoms with Gasteiger partial charge in [-0.2, -0.15) is 10.5 Å². The lowest BCUT2D eigenvalue weighted by Gasteiger charge is -2.17. The van der Waals surface area contributed by atoms with Crippen molar-refractivity contribution in [2.75, 3.05) is 26.2 Å². The number of halogens is 1. The van der Waals surface area contributed by atoms with E-state index >= 15 is 0 Å². The average molecular weight is 637 g/mol. The number of ether oxygens (including phenoxy) is 3. The first-order valence-corrected chi connectivity index (χ1v) is 15.3. The maximum atomic E-state index is 11.7. The Morgan fingerprint density at radius 2 is 1.80 bits per heavy atom. The highest BCUT2D eigenvalue weighted by molar-refractivity contribution is 6.32. The molecule has 1 atom stereocenters. The first kappa shape index (κ1) is 32.5. The van der Waals surface area contributed by atoms with Crippen LogP contribution in [0, 0.1) is 29.6 Å². The van der Waals surface area contributed by atoms with Crippen molar-refractivity contribution >= 4 is 17.9 Å². The Hall–Kier alpha value is -4.93. The summed E-state index contributed by atoms with van der Waals surface area (Å²) in [5, 5.41) is 29.2. The van der Waals surface area contributed by atoms with Gasteiger partial charge in [-0.15, -0.1) is 0 Å². The number of benzene rings is 3. The van der Waals surface area contributed by atoms with Gasteiger partial charge in [0.15, 0.2) is 6.29 Å². The van der Waals surface area contributed by atoms with Gasteiger partial charge in [-0.1, -0.05) is 41.9 Å². The van der Waals surface area contributed by atoms with E-state index in [2.05, 4.69) is 16.0 Å². The maximum absolute atomic E-state index is 11.7. The number of aromatic nitrogens is 1. The van der Waals surface area contributed by atoms with Gasteiger partial charge in [-0.05, 0) is 54.7 Å². The quantitative estimate of drug-likeness (QED) is 0.134. The van der Waals surface area contributed by atoms with Crippen molar-refractivity contribution in [2.24, 2.45) is 0 Å². The fourth-order valence-corrected chi connectivity index (χ4v) is 5.66. The molecule has 0 aliphatic carbocycles. The number of aliphatic hydroxyl groups excluding tert-OH is 1. The first-order valence-electron chi connectivity index (χ1n) is 14.9. The minimum Gasteiger partial charge on any atom is -0.492 e. The number of carbonyl (C=O) groups excluding carboxylic acids is 1. The second-order valence-electron chi connectivity index (χ2n) is 11.0. The van der Waals surface area contributed by atoms with Crippen molar-refractivity contribution in [3.8, 4) is 40.5 Å². The van der Waals surface area contributed by atoms with Crippen molar-refractivity contribution in [2.45, 2.75) is 39.1 Å². The lowest BCUT2D eigenvalue weighted by molar-refractivity contribution is 0.111. The van der Waals surface area contributed by atoms with E-state index in [1.54, 1.807) is 18.3 Å². The normalized spacial score (nSPS) is 14.3. The Bertz CT molecular complexity index is 1800. The number of likely N-dealkylation sites (tertiary alicyclic amines) is 1. The summed E-state index contributed by atoms with van der Waals surface area (Å²) < 4.78 is 18.1. The predicted octanol–water partition coefficient (Wildman–Crippen LogP) is 6.26. The number of nitrogens with zero attached hydrogens (tertiary/aromatic N) is 4. The van der Waals surface area contributed by atoms with Crippen LogP contribution in [0.3, 0.4) is 0 Å². The molecular weight excluding hydrogens is 604 g/mol. The lowest BCUT2D eigenvalue weighted by atomic mass is 9.93. The number of carbonyl (C=O) groups is 1. The Balaban J connectivity index is 1.29. The fourth-order valence-electron chi connectivity index (χ4n) is 5.43. The van der Waals surface area contributed by atoms with E-state index in [1.807, 2.05) is 49.4 Å². The molecule has 0 unspecified atom stereocenters. The van der Waals surface area contributed by atoms with Crippen LogP contribution in [0.25, 0.3) is 11.1 Å². The molecule has 1 N–H and O–H groups in total. The topological polar surface area (TPSA) is 129 Å². The summed E-state index contributed by atoms with van der Waals surface area (Å²) in [7, 11) is 0. The van der Waals surface area contributed by atoms with Gasteiger partial charge in [0.1, 0.15) is 48.2 Å². The summed E-state index contributed by atoms with van der Waals surface area (Å²) in [4.78, 5) is 18.0. The molecule has 1 aliphatic rings. The molecule has 2 heterocycles. The number of β-amino-alcohol motifs (C(OH)–C–C–N with tert-alkyl or cyclic N) is 1. The standard InChI is InChI=1S/C36H33ClN4O5/c1-24-27(23-46-36-15-35(28(21-42)14-33(36)37)45-22-26-13-25(16-38)18-40-19-26)5-2-6-30(24)31-7-3-8-34(32(31)17-39)44-12-4-10-41-11-9-29(43)20-41/h2-3,5-8,13-15,18-19,21,29,43H,4,9-12,20,22-23H2,1H3/t29-/m0/s1. The van der Waals surface area contributed by atoms with Gasteiger partial charge in [0.05, 0.1) is 28.9 Å². The average Bonchev–Trinajstić information content (AvgIpc) is 3.50. The van der Waals surface area contributed by atoms with Crippen molar-refractivity contribution < 1.29 is 24.1 Å². The van der Waals surface area contributed by atoms with Gasteiger partial charge in [-0.25, -0.2) is 0 Å². The molecule has 3 aromatic carbocycles. The summed E-state index contributed by atoms with van der Waals surface area (Å²) in [6.45, 7) is 5.14. The molecule has 1 aromatic heterocycles. The van der Waals surface area contributed by atoms with Crippen molar-refractivity contribution in [3.63, 3.8) is 0 Å². The summed E-state index contributed by atoms with van der Waals surface area (Å²) in [6.07, 6.45) is 5.06. The monoisotopic (exact) mass is 636 g/mol. The van der Waals surface area contributed by atoms with Crippen LogP contribution in [-0.2, 0) is 13.2 Å². The van der Waals surface area contributed by atoms with Crippen LogP contribution in [0.5, 0.6) is 17.2 Å². The smallest absolute Gasteiger partial charge is 0.153 e. The molecule has 0 bridgehead atoms. The third-order valence-electron chi connectivity index (χ3n) is 7.89. The van der Waals surface area contributed by atoms with E-state index in [4.69, 9.17) is 31.1 Å². The molecule has 46 heavy (non-hydrogen) atoms. The van der Waals surface area contributed by atoms with Gasteiger partial charge in [0.2, 0.25) is 0 Å². The number of hydrogen-bond acceptors (Lipinski definition) is 9. The first-order chi connectivity index (χ1) is 22.4. The lowest BCUT2D eigenvalue weighted by Crippen LogP contribution is -2.24. The third-order valence-corrected chi connectivity index (χ3v) is 8.19. The van der Waals surface area contributed by atoms with E-state index < -0.39 is 0 Å². The summed E-state index contributed by atoms with van der Waals surface area (Å²) in [5.74, 6) is 1.16. The van der Waals surface area contributed by atoms with Gasteiger partial charge in [0.25, 0.3) is 0 Å². The van der Waals surface area contributed by atoms with E-state index in [1.165, 1.54) is 12.3 Å². The second kappa shape index (κ2) is 15.4. The second-order valence-corrected chi connectivity index (χ2v) is 11.4. The zero-order chi connectivity index (χ0) is 32.5. The van der Waals surface area contributed by atoms with Gasteiger partial charge in [-0.3, -0.25) is 9.78 Å². The number of aliphatic hydroxyl groups is 1. The van der Waals surface area contributed by atoms with E-state index in [0.717, 1.165) is 48.2 Å². The Morgan fingerprint density at radius 1 is 1.00 bits per heavy atom. The number of hydrogen-bond donors (Lipinski definition) is 1. The van der Waals surface area contributed by atoms with Crippen LogP contribution in [0.4, 0.5) is 0 Å². The van der Waals surface area contributed by atoms with Crippen LogP contribution in [0.1, 0.15) is 51.0 Å². The van der Waals surface area contributed by atoms with Crippen molar-refractivity contribution in [1.29, 1.82) is 10.5 Å². The fraction of sp³-hybridized carbons (Fsp3) is 0.278. The maximum Gasteiger partial charge on any atom is 0.153 e. The number of pyridine rings is 1. The number of rotatable bonds is 13. The van der Waals surface area contributed by atoms with Crippen LogP contribution in [-0.4, -0.2) is 53.6 Å². The van der Waals surface area contributed by atoms with Crippen LogP contribution < -0.4 is 14.2 Å². The third kappa shape index (κ3) is 7.82. The molecule has 1 saturated heterocycles. The summed E-state index contributed by atoms with van der Waals surface area (Å²) >= 11 is 6.47. The largest absolute Gasteiger partial charge is 0.492 e. The highest BCUT2D eigenvalue weighted by atomic mass is 35.5. The predicted molar refractivity (Wildman–Crippen MR) is 173 cm³/mol. The van der Waals surface area contributed by atoms with Crippen LogP contribution in [0.2, 0.25) is 5.02 Å². The molecule has 1 fully saturated rings. The zero-order valence-electron chi connectivity index (χ0n) is 25.4. The Kier molecular flexibility index (Phi) is 10.9. The Morgan fingerprint density at radius 3 is 2.57 bits per heavy atom. The highest BCUT2D eigenvalue weighted by Crippen LogP contribution is 2.36. The van der Waals surface area contributed by atoms with E-state index in [0.29, 0.717) is 47.6 Å². The highest BCUT2D eigenvalue weighted by Gasteiger charge is 2.20. The van der Waals surface area contributed by atoms with E-state index in [-0.39, 0.29) is 35.7 Å². The number of nitriles is 2. The van der Waals surface area contributed by atoms with E-state index in [9.17, 15) is 15.2 Å². The van der Waals surface area contributed by atoms with Crippen molar-refractivity contribution in [1.82, 2.24) is 9.88 Å². The van der Waals surface area contributed by atoms with Crippen LogP contribution >= 0.6 is 11.6 Å². The molecule has 4 aromatic rings. The van der Waals surface area contributed by atoms with Crippen molar-refractivity contribution in [3.05, 3.63) is 105 Å². The molecule has 10 heteroatoms. The minimum absolute atomic E-state index is 0.0954. The van der Waals surface area contributed by atoms with Gasteiger partial charge < -0.3 is 24.2 Å². The molecular formula is C36H33ClN4O5. The number of aldehydes is 1. The molecule has 0 spiro atoms. The Labute approximate surface area is 273 Å². The molecule has 234 valence electrons. The molecule has 0 saturated carbocycles. The SMILES string of the molecule is Cc1c(COc2cc(OCc3cncc(C#N)c3)c(C=O)cc2Cl)cccc1-c1cccc(OCCCN2CC[C@H](O)C2)c1C#N. The summed E-state index contributed by atoms with van der Waals surface area (Å²) in [5.41, 5.74) is 5.28. The molecule has 1 aliphatic heterocycles. The zero-order valence-corrected chi connectivity index (χ0v) is 26.2. The van der Waals surface area contributed by atoms with Crippen LogP contribution in [0.15, 0.2) is 67.0 Å². The minimum atomic E-state index is -0.248. The summed E-state index contributed by atoms with van der Waals surface area (Å²) in [6, 6.07) is 20.5. The molecule has 9 nitrogen and oxygen atoms in total. The molecule has 0 radical (unpaired) electrons.